The summed E-state index contributed by atoms with van der Waals surface area (Å²) in [6, 6.07) is 12.8. The summed E-state index contributed by atoms with van der Waals surface area (Å²) in [5, 5.41) is 3.27. The zero-order valence-corrected chi connectivity index (χ0v) is 17.5. The van der Waals surface area contributed by atoms with E-state index in [2.05, 4.69) is 15.0 Å². The molecule has 2 aromatic carbocycles. The number of amides is 1. The van der Waals surface area contributed by atoms with Crippen molar-refractivity contribution in [1.29, 1.82) is 0 Å². The Kier molecular flexibility index (Phi) is 6.36. The maximum atomic E-state index is 12.5. The predicted molar refractivity (Wildman–Crippen MR) is 112 cm³/mol. The topological polar surface area (TPSA) is 93.1 Å². The van der Waals surface area contributed by atoms with E-state index in [0.717, 1.165) is 11.1 Å². The van der Waals surface area contributed by atoms with Gasteiger partial charge in [-0.3, -0.25) is 10.1 Å². The first kappa shape index (κ1) is 21.0. The van der Waals surface area contributed by atoms with Gasteiger partial charge in [0, 0.05) is 17.4 Å². The van der Waals surface area contributed by atoms with Gasteiger partial charge in [-0.15, -0.1) is 0 Å². The second-order valence-corrected chi connectivity index (χ2v) is 8.74. The molecule has 3 rings (SSSR count). The highest BCUT2D eigenvalue weighted by Gasteiger charge is 2.23. The second kappa shape index (κ2) is 8.77. The number of benzene rings is 2. The van der Waals surface area contributed by atoms with Gasteiger partial charge < -0.3 is 4.57 Å². The lowest BCUT2D eigenvalue weighted by Crippen LogP contribution is -2.41. The number of nitrogens with zero attached hydrogens (tertiary/aromatic N) is 2. The number of halogens is 1. The zero-order valence-electron chi connectivity index (χ0n) is 16.0. The van der Waals surface area contributed by atoms with Crippen LogP contribution in [0.25, 0.3) is 0 Å². The number of carbonyl (C=O) groups is 1. The Bertz CT molecular complexity index is 1110. The van der Waals surface area contributed by atoms with Crippen molar-refractivity contribution >= 4 is 33.5 Å². The van der Waals surface area contributed by atoms with E-state index in [1.54, 1.807) is 35.2 Å². The van der Waals surface area contributed by atoms with E-state index in [9.17, 15) is 13.2 Å². The monoisotopic (exact) mass is 432 g/mol. The first-order chi connectivity index (χ1) is 13.8. The fraction of sp³-hybridized carbons (Fsp3) is 0.200. The molecule has 1 heterocycles. The lowest BCUT2D eigenvalue weighted by atomic mass is 10.2. The van der Waals surface area contributed by atoms with Gasteiger partial charge in [0.25, 0.3) is 0 Å². The van der Waals surface area contributed by atoms with Crippen LogP contribution in [0.4, 0.5) is 5.95 Å². The van der Waals surface area contributed by atoms with Crippen molar-refractivity contribution in [2.45, 2.75) is 31.3 Å². The number of aromatic nitrogens is 2. The number of anilines is 1. The Labute approximate surface area is 174 Å². The first-order valence-corrected chi connectivity index (χ1v) is 10.8. The van der Waals surface area contributed by atoms with Gasteiger partial charge in [-0.2, -0.15) is 4.72 Å². The third kappa shape index (κ3) is 5.23. The van der Waals surface area contributed by atoms with Crippen LogP contribution in [0.5, 0.6) is 0 Å². The summed E-state index contributed by atoms with van der Waals surface area (Å²) in [6.07, 6.45) is 3.26. The molecule has 152 valence electrons. The van der Waals surface area contributed by atoms with E-state index in [4.69, 9.17) is 11.6 Å². The fourth-order valence-electron chi connectivity index (χ4n) is 2.66. The molecule has 0 aliphatic rings. The quantitative estimate of drug-likeness (QED) is 0.599. The molecule has 3 aromatic rings. The molecule has 7 nitrogen and oxygen atoms in total. The fourth-order valence-corrected chi connectivity index (χ4v) is 4.06. The molecular formula is C20H21ClN4O3S. The van der Waals surface area contributed by atoms with Crippen LogP contribution in [0.2, 0.25) is 5.02 Å². The van der Waals surface area contributed by atoms with Crippen LogP contribution in [-0.2, 0) is 21.4 Å². The number of nitrogens with one attached hydrogen (secondary N) is 2. The van der Waals surface area contributed by atoms with Crippen LogP contribution in [0.1, 0.15) is 18.1 Å². The summed E-state index contributed by atoms with van der Waals surface area (Å²) < 4.78 is 29.1. The number of carbonyl (C=O) groups excluding carboxylic acids is 1. The molecule has 0 saturated heterocycles. The third-order valence-corrected chi connectivity index (χ3v) is 6.23. The summed E-state index contributed by atoms with van der Waals surface area (Å²) in [4.78, 5) is 16.8. The van der Waals surface area contributed by atoms with Gasteiger partial charge in [-0.25, -0.2) is 13.4 Å². The Hall–Kier alpha value is -2.68. The van der Waals surface area contributed by atoms with Crippen molar-refractivity contribution in [1.82, 2.24) is 14.3 Å². The van der Waals surface area contributed by atoms with Crippen LogP contribution in [0.3, 0.4) is 0 Å². The molecular weight excluding hydrogens is 412 g/mol. The van der Waals surface area contributed by atoms with E-state index in [0.29, 0.717) is 17.5 Å². The van der Waals surface area contributed by atoms with Gasteiger partial charge >= 0.3 is 0 Å². The average molecular weight is 433 g/mol. The molecule has 0 saturated carbocycles. The molecule has 0 fully saturated rings. The molecule has 9 heteroatoms. The molecule has 0 spiro atoms. The van der Waals surface area contributed by atoms with Crippen LogP contribution < -0.4 is 10.0 Å². The third-order valence-electron chi connectivity index (χ3n) is 4.31. The highest BCUT2D eigenvalue weighted by Crippen LogP contribution is 2.18. The van der Waals surface area contributed by atoms with Crippen LogP contribution in [0.15, 0.2) is 65.8 Å². The lowest BCUT2D eigenvalue weighted by Gasteiger charge is -2.15. The standard InChI is InChI=1S/C20H21ClN4O3S/c1-14-7-9-17(10-8-14)29(27,28)24-15(2)19(26)23-20-22-11-12-25(20)13-16-5-3-4-6-18(16)21/h3-12,15,24H,13H2,1-2H3,(H,22,23,26)/t15-/m0/s1. The smallest absolute Gasteiger partial charge is 0.244 e. The Morgan fingerprint density at radius 1 is 1.17 bits per heavy atom. The molecule has 0 aliphatic carbocycles. The highest BCUT2D eigenvalue weighted by molar-refractivity contribution is 7.89. The summed E-state index contributed by atoms with van der Waals surface area (Å²) in [5.41, 5.74) is 1.82. The van der Waals surface area contributed by atoms with E-state index < -0.39 is 22.0 Å². The van der Waals surface area contributed by atoms with Gasteiger partial charge in [-0.05, 0) is 37.6 Å². The predicted octanol–water partition coefficient (Wildman–Crippen LogP) is 3.20. The molecule has 1 amide bonds. The Balaban J connectivity index is 1.68. The number of sulfonamides is 1. The number of aryl methyl sites for hydroxylation is 1. The van der Waals surface area contributed by atoms with Crippen molar-refractivity contribution in [3.05, 3.63) is 77.1 Å². The maximum absolute atomic E-state index is 12.5. The zero-order chi connectivity index (χ0) is 21.0. The minimum Gasteiger partial charge on any atom is -0.313 e. The highest BCUT2D eigenvalue weighted by atomic mass is 35.5. The normalized spacial score (nSPS) is 12.5. The van der Waals surface area contributed by atoms with Crippen molar-refractivity contribution in [2.24, 2.45) is 0 Å². The Morgan fingerprint density at radius 3 is 2.55 bits per heavy atom. The van der Waals surface area contributed by atoms with Gasteiger partial charge in [0.2, 0.25) is 21.9 Å². The molecule has 0 aliphatic heterocycles. The minimum absolute atomic E-state index is 0.1000. The van der Waals surface area contributed by atoms with E-state index in [-0.39, 0.29) is 4.90 Å². The van der Waals surface area contributed by atoms with Crippen molar-refractivity contribution in [3.63, 3.8) is 0 Å². The van der Waals surface area contributed by atoms with Crippen LogP contribution in [0, 0.1) is 6.92 Å². The second-order valence-electron chi connectivity index (χ2n) is 6.62. The molecule has 0 unspecified atom stereocenters. The minimum atomic E-state index is -3.82. The summed E-state index contributed by atoms with van der Waals surface area (Å²) in [6.45, 7) is 3.76. The largest absolute Gasteiger partial charge is 0.313 e. The number of hydrogen-bond acceptors (Lipinski definition) is 4. The van der Waals surface area contributed by atoms with Crippen molar-refractivity contribution < 1.29 is 13.2 Å². The summed E-state index contributed by atoms with van der Waals surface area (Å²) in [5.74, 6) is -0.219. The molecule has 2 N–H and O–H groups in total. The number of imidazole rings is 1. The summed E-state index contributed by atoms with van der Waals surface area (Å²) in [7, 11) is -3.82. The molecule has 1 aromatic heterocycles. The van der Waals surface area contributed by atoms with Crippen LogP contribution >= 0.6 is 11.6 Å². The molecule has 1 atom stereocenters. The molecule has 0 radical (unpaired) electrons. The van der Waals surface area contributed by atoms with E-state index in [1.165, 1.54) is 19.1 Å². The van der Waals surface area contributed by atoms with E-state index >= 15 is 0 Å². The number of rotatable bonds is 7. The van der Waals surface area contributed by atoms with Crippen molar-refractivity contribution in [3.8, 4) is 0 Å². The SMILES string of the molecule is Cc1ccc(S(=O)(=O)N[C@@H](C)C(=O)Nc2nccn2Cc2ccccc2Cl)cc1. The van der Waals surface area contributed by atoms with Crippen molar-refractivity contribution in [2.75, 3.05) is 5.32 Å². The van der Waals surface area contributed by atoms with Crippen LogP contribution in [-0.4, -0.2) is 29.9 Å². The van der Waals surface area contributed by atoms with E-state index in [1.807, 2.05) is 25.1 Å². The molecule has 0 bridgehead atoms. The molecule has 29 heavy (non-hydrogen) atoms. The van der Waals surface area contributed by atoms with Gasteiger partial charge in [-0.1, -0.05) is 47.5 Å². The average Bonchev–Trinajstić information content (AvgIpc) is 3.10. The van der Waals surface area contributed by atoms with Gasteiger partial charge in [0.1, 0.15) is 0 Å². The van der Waals surface area contributed by atoms with Gasteiger partial charge in [0.15, 0.2) is 0 Å². The first-order valence-electron chi connectivity index (χ1n) is 8.90. The summed E-state index contributed by atoms with van der Waals surface area (Å²) >= 11 is 6.19. The number of hydrogen-bond donors (Lipinski definition) is 2. The lowest BCUT2D eigenvalue weighted by molar-refractivity contribution is -0.117. The Morgan fingerprint density at radius 2 is 1.86 bits per heavy atom. The van der Waals surface area contributed by atoms with Gasteiger partial charge in [0.05, 0.1) is 17.5 Å². The maximum Gasteiger partial charge on any atom is 0.244 e.